The average molecular weight is 306 g/mol. The summed E-state index contributed by atoms with van der Waals surface area (Å²) in [6.45, 7) is 8.65. The molecule has 4 heteroatoms. The van der Waals surface area contributed by atoms with Crippen LogP contribution in [0.4, 0.5) is 0 Å². The van der Waals surface area contributed by atoms with Crippen LogP contribution in [0.1, 0.15) is 17.5 Å². The lowest BCUT2D eigenvalue weighted by molar-refractivity contribution is 0.157. The molecule has 22 heavy (non-hydrogen) atoms. The van der Waals surface area contributed by atoms with Crippen molar-refractivity contribution in [1.82, 2.24) is 9.80 Å². The molecule has 1 fully saturated rings. The molecule has 0 aromatic heterocycles. The highest BCUT2D eigenvalue weighted by atomic mass is 16.5. The minimum atomic E-state index is 0.778. The molecule has 1 atom stereocenters. The summed E-state index contributed by atoms with van der Waals surface area (Å²) in [7, 11) is 5.72. The van der Waals surface area contributed by atoms with Gasteiger partial charge in [0, 0.05) is 33.3 Å². The second-order valence-electron chi connectivity index (χ2n) is 6.44. The average Bonchev–Trinajstić information content (AvgIpc) is 2.94. The van der Waals surface area contributed by atoms with Gasteiger partial charge in [-0.05, 0) is 56.1 Å². The quantitative estimate of drug-likeness (QED) is 0.736. The molecule has 0 radical (unpaired) electrons. The molecule has 1 saturated heterocycles. The van der Waals surface area contributed by atoms with Crippen LogP contribution in [0.15, 0.2) is 18.2 Å². The summed E-state index contributed by atoms with van der Waals surface area (Å²) in [4.78, 5) is 4.96. The second kappa shape index (κ2) is 8.51. The first-order valence-corrected chi connectivity index (χ1v) is 8.15. The predicted octanol–water partition coefficient (Wildman–Crippen LogP) is 2.40. The zero-order chi connectivity index (χ0) is 15.9. The van der Waals surface area contributed by atoms with Crippen LogP contribution in [0.25, 0.3) is 0 Å². The lowest BCUT2D eigenvalue weighted by Crippen LogP contribution is -2.29. The van der Waals surface area contributed by atoms with Gasteiger partial charge in [0.1, 0.15) is 5.75 Å². The number of likely N-dealkylation sites (tertiary alicyclic amines) is 1. The number of benzene rings is 1. The van der Waals surface area contributed by atoms with Gasteiger partial charge in [0.05, 0.1) is 13.7 Å². The van der Waals surface area contributed by atoms with E-state index in [9.17, 15) is 0 Å². The fraction of sp³-hybridized carbons (Fsp3) is 0.667. The normalized spacial score (nSPS) is 19.0. The standard InChI is InChI=1S/C18H30N2O2/c1-15-11-18(22-4)6-5-17(15)14-19(2)12-16-7-8-20(13-16)9-10-21-3/h5-6,11,16H,7-10,12-14H2,1-4H3. The van der Waals surface area contributed by atoms with Gasteiger partial charge >= 0.3 is 0 Å². The molecule has 124 valence electrons. The van der Waals surface area contributed by atoms with Gasteiger partial charge in [0.25, 0.3) is 0 Å². The number of nitrogens with zero attached hydrogens (tertiary/aromatic N) is 2. The zero-order valence-electron chi connectivity index (χ0n) is 14.5. The number of aryl methyl sites for hydroxylation is 1. The monoisotopic (exact) mass is 306 g/mol. The summed E-state index contributed by atoms with van der Waals surface area (Å²) in [5.74, 6) is 1.72. The fourth-order valence-corrected chi connectivity index (χ4v) is 3.25. The number of methoxy groups -OCH3 is 2. The van der Waals surface area contributed by atoms with E-state index in [2.05, 4.69) is 42.0 Å². The molecule has 0 N–H and O–H groups in total. The SMILES string of the molecule is COCCN1CCC(CN(C)Cc2ccc(OC)cc2C)C1. The number of hydrogen-bond donors (Lipinski definition) is 0. The van der Waals surface area contributed by atoms with Crippen molar-refractivity contribution in [3.8, 4) is 5.75 Å². The number of rotatable bonds is 8. The molecular formula is C18H30N2O2. The Hall–Kier alpha value is -1.10. The highest BCUT2D eigenvalue weighted by molar-refractivity contribution is 5.34. The van der Waals surface area contributed by atoms with E-state index in [-0.39, 0.29) is 0 Å². The topological polar surface area (TPSA) is 24.9 Å². The summed E-state index contributed by atoms with van der Waals surface area (Å²) in [6, 6.07) is 6.35. The fourth-order valence-electron chi connectivity index (χ4n) is 3.25. The molecule has 0 spiro atoms. The summed E-state index contributed by atoms with van der Waals surface area (Å²) in [5, 5.41) is 0. The number of ether oxygens (including phenoxy) is 2. The van der Waals surface area contributed by atoms with E-state index in [1.165, 1.54) is 30.6 Å². The first kappa shape index (κ1) is 17.3. The van der Waals surface area contributed by atoms with Crippen LogP contribution in [0.5, 0.6) is 5.75 Å². The Morgan fingerprint density at radius 1 is 1.32 bits per heavy atom. The van der Waals surface area contributed by atoms with Gasteiger partial charge in [-0.3, -0.25) is 0 Å². The molecule has 1 aliphatic heterocycles. The third-order valence-electron chi connectivity index (χ3n) is 4.54. The first-order valence-electron chi connectivity index (χ1n) is 8.15. The van der Waals surface area contributed by atoms with E-state index in [1.54, 1.807) is 14.2 Å². The highest BCUT2D eigenvalue weighted by Crippen LogP contribution is 2.20. The van der Waals surface area contributed by atoms with Crippen LogP contribution in [0.2, 0.25) is 0 Å². The minimum Gasteiger partial charge on any atom is -0.497 e. The smallest absolute Gasteiger partial charge is 0.119 e. The van der Waals surface area contributed by atoms with Crippen molar-refractivity contribution in [3.63, 3.8) is 0 Å². The third-order valence-corrected chi connectivity index (χ3v) is 4.54. The highest BCUT2D eigenvalue weighted by Gasteiger charge is 2.23. The van der Waals surface area contributed by atoms with E-state index >= 15 is 0 Å². The zero-order valence-corrected chi connectivity index (χ0v) is 14.5. The molecule has 2 rings (SSSR count). The molecule has 0 bridgehead atoms. The Morgan fingerprint density at radius 3 is 2.82 bits per heavy atom. The Morgan fingerprint density at radius 2 is 2.14 bits per heavy atom. The molecule has 0 saturated carbocycles. The Bertz CT molecular complexity index is 464. The van der Waals surface area contributed by atoms with E-state index in [0.29, 0.717) is 0 Å². The third kappa shape index (κ3) is 4.97. The van der Waals surface area contributed by atoms with Crippen LogP contribution < -0.4 is 4.74 Å². The van der Waals surface area contributed by atoms with Crippen LogP contribution in [-0.2, 0) is 11.3 Å². The van der Waals surface area contributed by atoms with Gasteiger partial charge < -0.3 is 19.3 Å². The van der Waals surface area contributed by atoms with Crippen molar-refractivity contribution in [2.24, 2.45) is 5.92 Å². The van der Waals surface area contributed by atoms with E-state index in [1.807, 2.05) is 0 Å². The van der Waals surface area contributed by atoms with Crippen molar-refractivity contribution in [2.45, 2.75) is 19.9 Å². The molecule has 1 aromatic rings. The van der Waals surface area contributed by atoms with Gasteiger partial charge in [-0.1, -0.05) is 6.07 Å². The van der Waals surface area contributed by atoms with Gasteiger partial charge in [-0.2, -0.15) is 0 Å². The minimum absolute atomic E-state index is 0.778. The molecule has 1 aliphatic rings. The first-order chi connectivity index (χ1) is 10.6. The lowest BCUT2D eigenvalue weighted by Gasteiger charge is -2.22. The molecule has 4 nitrogen and oxygen atoms in total. The lowest BCUT2D eigenvalue weighted by atomic mass is 10.1. The maximum atomic E-state index is 5.28. The second-order valence-corrected chi connectivity index (χ2v) is 6.44. The Balaban J connectivity index is 1.79. The molecule has 1 aromatic carbocycles. The van der Waals surface area contributed by atoms with Crippen molar-refractivity contribution >= 4 is 0 Å². The molecule has 1 unspecified atom stereocenters. The largest absolute Gasteiger partial charge is 0.497 e. The van der Waals surface area contributed by atoms with Crippen LogP contribution >= 0.6 is 0 Å². The maximum Gasteiger partial charge on any atom is 0.119 e. The Labute approximate surface area is 135 Å². The Kier molecular flexibility index (Phi) is 6.68. The van der Waals surface area contributed by atoms with Crippen LogP contribution in [0.3, 0.4) is 0 Å². The maximum absolute atomic E-state index is 5.28. The molecule has 0 amide bonds. The number of hydrogen-bond acceptors (Lipinski definition) is 4. The van der Waals surface area contributed by atoms with Gasteiger partial charge in [0.15, 0.2) is 0 Å². The molecule has 1 heterocycles. The summed E-state index contributed by atoms with van der Waals surface area (Å²) >= 11 is 0. The molecular weight excluding hydrogens is 276 g/mol. The summed E-state index contributed by atoms with van der Waals surface area (Å²) in [5.41, 5.74) is 2.69. The predicted molar refractivity (Wildman–Crippen MR) is 90.5 cm³/mol. The molecule has 0 aliphatic carbocycles. The summed E-state index contributed by atoms with van der Waals surface area (Å²) in [6.07, 6.45) is 1.30. The van der Waals surface area contributed by atoms with Gasteiger partial charge in [-0.25, -0.2) is 0 Å². The van der Waals surface area contributed by atoms with Crippen molar-refractivity contribution in [2.75, 3.05) is 54.1 Å². The van der Waals surface area contributed by atoms with Crippen LogP contribution in [0, 0.1) is 12.8 Å². The van der Waals surface area contributed by atoms with E-state index in [0.717, 1.165) is 37.9 Å². The van der Waals surface area contributed by atoms with E-state index < -0.39 is 0 Å². The van der Waals surface area contributed by atoms with E-state index in [4.69, 9.17) is 9.47 Å². The van der Waals surface area contributed by atoms with Crippen LogP contribution in [-0.4, -0.2) is 63.9 Å². The van der Waals surface area contributed by atoms with Crippen molar-refractivity contribution in [3.05, 3.63) is 29.3 Å². The van der Waals surface area contributed by atoms with Crippen molar-refractivity contribution < 1.29 is 9.47 Å². The van der Waals surface area contributed by atoms with Crippen molar-refractivity contribution in [1.29, 1.82) is 0 Å². The van der Waals surface area contributed by atoms with Gasteiger partial charge in [0.2, 0.25) is 0 Å². The summed E-state index contributed by atoms with van der Waals surface area (Å²) < 4.78 is 10.4. The van der Waals surface area contributed by atoms with Gasteiger partial charge in [-0.15, -0.1) is 0 Å².